The molecule has 264 valence electrons. The number of unbranched alkanes of at least 4 members (excludes halogenated alkanes) is 30. The fourth-order valence-electron chi connectivity index (χ4n) is 6.28. The average Bonchev–Trinajstić information content (AvgIpc) is 3.00. The Kier molecular flexibility index (Phi) is 42.6. The Morgan fingerprint density at radius 2 is 0.778 bits per heavy atom. The fraction of sp³-hybridized carbons (Fsp3) is 0.949. The SMILES string of the molecule is CCCCCCCCCCCCCCCC/C=C/C(CCCCCCCCCCCCCCCCCCC)COS(=O)(=O)[O-].[K+]. The first kappa shape index (κ1) is 48.4. The van der Waals surface area contributed by atoms with Gasteiger partial charge in [-0.1, -0.05) is 219 Å². The normalized spacial score (nSPS) is 12.6. The Labute approximate surface area is 326 Å². The van der Waals surface area contributed by atoms with E-state index in [9.17, 15) is 13.0 Å². The zero-order valence-electron chi connectivity index (χ0n) is 30.8. The summed E-state index contributed by atoms with van der Waals surface area (Å²) in [6.45, 7) is 4.55. The minimum Gasteiger partial charge on any atom is -0.726 e. The first-order chi connectivity index (χ1) is 21.5. The van der Waals surface area contributed by atoms with E-state index in [1.807, 2.05) is 0 Å². The van der Waals surface area contributed by atoms with E-state index in [2.05, 4.69) is 30.2 Å². The van der Waals surface area contributed by atoms with Gasteiger partial charge in [-0.05, 0) is 19.3 Å². The van der Waals surface area contributed by atoms with Gasteiger partial charge in [0.15, 0.2) is 0 Å². The van der Waals surface area contributed by atoms with Crippen LogP contribution in [0, 0.1) is 5.92 Å². The van der Waals surface area contributed by atoms with Gasteiger partial charge >= 0.3 is 51.4 Å². The van der Waals surface area contributed by atoms with Crippen LogP contribution in [0.25, 0.3) is 0 Å². The van der Waals surface area contributed by atoms with Gasteiger partial charge in [-0.25, -0.2) is 8.42 Å². The van der Waals surface area contributed by atoms with Gasteiger partial charge in [-0.2, -0.15) is 0 Å². The zero-order chi connectivity index (χ0) is 32.2. The third kappa shape index (κ3) is 43.2. The van der Waals surface area contributed by atoms with Gasteiger partial charge in [0.25, 0.3) is 0 Å². The molecule has 0 aromatic carbocycles. The average molecular weight is 681 g/mol. The molecular formula is C39H77KO4S. The van der Waals surface area contributed by atoms with Crippen LogP contribution in [0.3, 0.4) is 0 Å². The van der Waals surface area contributed by atoms with Crippen molar-refractivity contribution in [2.75, 3.05) is 6.61 Å². The fourth-order valence-corrected chi connectivity index (χ4v) is 6.62. The largest absolute Gasteiger partial charge is 1.00 e. The summed E-state index contributed by atoms with van der Waals surface area (Å²) in [7, 11) is -4.63. The van der Waals surface area contributed by atoms with E-state index in [0.717, 1.165) is 19.3 Å². The van der Waals surface area contributed by atoms with Crippen LogP contribution in [0.2, 0.25) is 0 Å². The molecule has 45 heavy (non-hydrogen) atoms. The number of hydrogen-bond acceptors (Lipinski definition) is 4. The molecule has 0 aromatic rings. The van der Waals surface area contributed by atoms with Crippen molar-refractivity contribution in [2.24, 2.45) is 5.92 Å². The second-order valence-electron chi connectivity index (χ2n) is 13.7. The maximum Gasteiger partial charge on any atom is 1.00 e. The molecule has 0 heterocycles. The van der Waals surface area contributed by atoms with Crippen molar-refractivity contribution < 1.29 is 68.5 Å². The predicted molar refractivity (Wildman–Crippen MR) is 192 cm³/mol. The molecule has 6 heteroatoms. The Morgan fingerprint density at radius 1 is 0.489 bits per heavy atom. The van der Waals surface area contributed by atoms with Crippen LogP contribution in [-0.4, -0.2) is 19.6 Å². The topological polar surface area (TPSA) is 66.4 Å². The van der Waals surface area contributed by atoms with E-state index < -0.39 is 10.4 Å². The monoisotopic (exact) mass is 681 g/mol. The van der Waals surface area contributed by atoms with Gasteiger partial charge in [0.2, 0.25) is 10.4 Å². The summed E-state index contributed by atoms with van der Waals surface area (Å²) in [6, 6.07) is 0. The molecule has 0 fully saturated rings. The molecule has 0 aliphatic rings. The quantitative estimate of drug-likeness (QED) is 0.0215. The van der Waals surface area contributed by atoms with Crippen LogP contribution in [-0.2, 0) is 14.6 Å². The van der Waals surface area contributed by atoms with Crippen LogP contribution in [0.1, 0.15) is 226 Å². The van der Waals surface area contributed by atoms with Crippen molar-refractivity contribution in [2.45, 2.75) is 226 Å². The van der Waals surface area contributed by atoms with Crippen molar-refractivity contribution in [1.82, 2.24) is 0 Å². The van der Waals surface area contributed by atoms with Gasteiger partial charge in [0, 0.05) is 5.92 Å². The van der Waals surface area contributed by atoms with Gasteiger partial charge in [0.1, 0.15) is 0 Å². The van der Waals surface area contributed by atoms with Crippen molar-refractivity contribution in [1.29, 1.82) is 0 Å². The summed E-state index contributed by atoms with van der Waals surface area (Å²) in [5.41, 5.74) is 0. The summed E-state index contributed by atoms with van der Waals surface area (Å²) in [4.78, 5) is 0. The number of allylic oxidation sites excluding steroid dienone is 1. The first-order valence-corrected chi connectivity index (χ1v) is 21.1. The molecule has 0 amide bonds. The summed E-state index contributed by atoms with van der Waals surface area (Å²) >= 11 is 0. The van der Waals surface area contributed by atoms with Gasteiger partial charge in [-0.3, -0.25) is 4.18 Å². The molecule has 0 saturated heterocycles. The van der Waals surface area contributed by atoms with Gasteiger partial charge in [-0.15, -0.1) is 0 Å². The van der Waals surface area contributed by atoms with Crippen molar-refractivity contribution in [3.63, 3.8) is 0 Å². The van der Waals surface area contributed by atoms with E-state index >= 15 is 0 Å². The second kappa shape index (κ2) is 39.7. The van der Waals surface area contributed by atoms with Crippen molar-refractivity contribution >= 4 is 10.4 Å². The minimum absolute atomic E-state index is 0. The van der Waals surface area contributed by atoms with Crippen LogP contribution in [0.15, 0.2) is 12.2 Å². The standard InChI is InChI=1S/C39H78O4S.K/c1-3-5-7-9-11-13-15-17-19-21-23-25-27-29-31-33-35-37-39(38-43-44(40,41)42)36-34-32-30-28-26-24-22-20-18-16-14-12-10-8-6-4-2;/h34,36,39H,3-33,35,37-38H2,1-2H3,(H,40,41,42);/q;+1/p-1/b36-34+;. The second-order valence-corrected chi connectivity index (χ2v) is 14.8. The number of hydrogen-bond donors (Lipinski definition) is 0. The Bertz CT molecular complexity index is 683. The molecule has 0 aliphatic heterocycles. The molecule has 0 radical (unpaired) electrons. The summed E-state index contributed by atoms with van der Waals surface area (Å²) in [6.07, 6.45) is 48.2. The van der Waals surface area contributed by atoms with E-state index in [1.54, 1.807) is 0 Å². The Balaban J connectivity index is 0. The van der Waals surface area contributed by atoms with E-state index in [1.165, 1.54) is 193 Å². The van der Waals surface area contributed by atoms with Gasteiger partial charge < -0.3 is 4.55 Å². The first-order valence-electron chi connectivity index (χ1n) is 19.8. The Hall–Kier alpha value is 1.25. The zero-order valence-corrected chi connectivity index (χ0v) is 34.8. The number of rotatable bonds is 37. The molecule has 0 bridgehead atoms. The third-order valence-electron chi connectivity index (χ3n) is 9.24. The molecule has 0 aliphatic carbocycles. The van der Waals surface area contributed by atoms with Crippen LogP contribution in [0.5, 0.6) is 0 Å². The van der Waals surface area contributed by atoms with E-state index in [-0.39, 0.29) is 63.9 Å². The molecule has 4 nitrogen and oxygen atoms in total. The molecule has 0 spiro atoms. The molecule has 0 rings (SSSR count). The van der Waals surface area contributed by atoms with E-state index in [0.29, 0.717) is 0 Å². The smallest absolute Gasteiger partial charge is 0.726 e. The summed E-state index contributed by atoms with van der Waals surface area (Å²) in [5.74, 6) is 0.0155. The van der Waals surface area contributed by atoms with Crippen LogP contribution >= 0.6 is 0 Å². The van der Waals surface area contributed by atoms with Crippen molar-refractivity contribution in [3.05, 3.63) is 12.2 Å². The maximum atomic E-state index is 11.0. The minimum atomic E-state index is -4.63. The van der Waals surface area contributed by atoms with Gasteiger partial charge in [0.05, 0.1) is 6.61 Å². The molecule has 0 N–H and O–H groups in total. The Morgan fingerprint density at radius 3 is 1.09 bits per heavy atom. The predicted octanol–water partition coefficient (Wildman–Crippen LogP) is 10.6. The third-order valence-corrected chi connectivity index (χ3v) is 9.66. The molecule has 0 saturated carbocycles. The molecule has 1 unspecified atom stereocenters. The van der Waals surface area contributed by atoms with Crippen LogP contribution < -0.4 is 51.4 Å². The summed E-state index contributed by atoms with van der Waals surface area (Å²) < 4.78 is 37.6. The molecule has 1 atom stereocenters. The van der Waals surface area contributed by atoms with E-state index in [4.69, 9.17) is 0 Å². The maximum absolute atomic E-state index is 11.0. The summed E-state index contributed by atoms with van der Waals surface area (Å²) in [5, 5.41) is 0. The van der Waals surface area contributed by atoms with Crippen molar-refractivity contribution in [3.8, 4) is 0 Å². The molecule has 0 aromatic heterocycles. The van der Waals surface area contributed by atoms with Crippen LogP contribution in [0.4, 0.5) is 0 Å². The molecular weight excluding hydrogens is 604 g/mol.